The van der Waals surface area contributed by atoms with Gasteiger partial charge in [0.1, 0.15) is 24.3 Å². The van der Waals surface area contributed by atoms with Gasteiger partial charge in [0, 0.05) is 4.47 Å². The van der Waals surface area contributed by atoms with Crippen molar-refractivity contribution in [1.29, 1.82) is 5.26 Å². The summed E-state index contributed by atoms with van der Waals surface area (Å²) < 4.78 is 26.9. The highest BCUT2D eigenvalue weighted by atomic mass is 127. The molecule has 0 aliphatic rings. The molecule has 0 fully saturated rings. The molecule has 4 aromatic rings. The first-order valence-corrected chi connectivity index (χ1v) is 11.4. The van der Waals surface area contributed by atoms with Crippen LogP contribution in [0.15, 0.2) is 59.1 Å². The summed E-state index contributed by atoms with van der Waals surface area (Å²) >= 11 is 5.61. The van der Waals surface area contributed by atoms with E-state index in [1.54, 1.807) is 25.3 Å². The maximum absolute atomic E-state index is 13.5. The van der Waals surface area contributed by atoms with Crippen LogP contribution in [0, 0.1) is 20.7 Å². The van der Waals surface area contributed by atoms with E-state index in [0.717, 1.165) is 19.2 Å². The lowest BCUT2D eigenvalue weighted by Gasteiger charge is -2.14. The van der Waals surface area contributed by atoms with Crippen LogP contribution < -0.4 is 9.47 Å². The molecule has 0 saturated carbocycles. The number of nitriles is 1. The van der Waals surface area contributed by atoms with E-state index in [-0.39, 0.29) is 5.82 Å². The largest absolute Gasteiger partial charge is 0.493 e. The first kappa shape index (κ1) is 22.3. The van der Waals surface area contributed by atoms with Gasteiger partial charge in [-0.05, 0) is 82.3 Å². The molecule has 1 N–H and O–H groups in total. The molecule has 1 aromatic heterocycles. The summed E-state index contributed by atoms with van der Waals surface area (Å²) in [6.07, 6.45) is 1.71. The summed E-state index contributed by atoms with van der Waals surface area (Å²) in [7, 11) is 1.57. The number of hydrogen-bond acceptors (Lipinski definition) is 4. The number of nitrogens with zero attached hydrogens (tertiary/aromatic N) is 2. The highest BCUT2D eigenvalue weighted by Crippen LogP contribution is 2.35. The molecule has 0 bridgehead atoms. The van der Waals surface area contributed by atoms with Gasteiger partial charge in [0.15, 0.2) is 11.5 Å². The zero-order valence-electron chi connectivity index (χ0n) is 16.8. The third kappa shape index (κ3) is 4.95. The average molecular weight is 604 g/mol. The minimum absolute atomic E-state index is 0.322. The zero-order valence-corrected chi connectivity index (χ0v) is 20.6. The van der Waals surface area contributed by atoms with Crippen molar-refractivity contribution in [2.45, 2.75) is 6.61 Å². The second-order valence-corrected chi connectivity index (χ2v) is 8.94. The number of aromatic amines is 1. The number of imidazole rings is 1. The lowest BCUT2D eigenvalue weighted by molar-refractivity contribution is 0.282. The zero-order chi connectivity index (χ0) is 22.7. The van der Waals surface area contributed by atoms with Gasteiger partial charge in [-0.25, -0.2) is 9.37 Å². The van der Waals surface area contributed by atoms with Gasteiger partial charge in [-0.2, -0.15) is 5.26 Å². The Balaban J connectivity index is 1.63. The molecule has 0 aliphatic heterocycles. The number of ether oxygens (including phenoxy) is 2. The molecule has 0 radical (unpaired) electrons. The van der Waals surface area contributed by atoms with Gasteiger partial charge < -0.3 is 14.5 Å². The summed E-state index contributed by atoms with van der Waals surface area (Å²) in [4.78, 5) is 7.40. The second-order valence-electron chi connectivity index (χ2n) is 6.87. The molecule has 0 spiro atoms. The van der Waals surface area contributed by atoms with E-state index in [1.165, 1.54) is 12.1 Å². The van der Waals surface area contributed by atoms with E-state index in [9.17, 15) is 9.65 Å². The minimum atomic E-state index is -0.367. The normalized spacial score (nSPS) is 11.4. The topological polar surface area (TPSA) is 70.9 Å². The van der Waals surface area contributed by atoms with E-state index in [0.29, 0.717) is 40.5 Å². The van der Waals surface area contributed by atoms with Crippen LogP contribution in [0.2, 0.25) is 0 Å². The Labute approximate surface area is 206 Å². The predicted molar refractivity (Wildman–Crippen MR) is 134 cm³/mol. The van der Waals surface area contributed by atoms with Gasteiger partial charge >= 0.3 is 0 Å². The minimum Gasteiger partial charge on any atom is -0.493 e. The fourth-order valence-corrected chi connectivity index (χ4v) is 4.17. The molecule has 32 heavy (non-hydrogen) atoms. The van der Waals surface area contributed by atoms with Crippen LogP contribution in [0.1, 0.15) is 17.0 Å². The number of hydrogen-bond donors (Lipinski definition) is 1. The van der Waals surface area contributed by atoms with Crippen LogP contribution in [0.5, 0.6) is 11.5 Å². The number of halogens is 3. The highest BCUT2D eigenvalue weighted by molar-refractivity contribution is 14.1. The Hall–Kier alpha value is -2.90. The van der Waals surface area contributed by atoms with Crippen molar-refractivity contribution in [3.05, 3.63) is 85.4 Å². The second kappa shape index (κ2) is 9.71. The summed E-state index contributed by atoms with van der Waals surface area (Å²) in [5.74, 6) is 1.20. The van der Waals surface area contributed by atoms with Crippen LogP contribution in [-0.4, -0.2) is 17.1 Å². The van der Waals surface area contributed by atoms with Crippen molar-refractivity contribution in [3.63, 3.8) is 0 Å². The molecule has 160 valence electrons. The number of benzene rings is 3. The van der Waals surface area contributed by atoms with Gasteiger partial charge in [0.05, 0.1) is 27.3 Å². The van der Waals surface area contributed by atoms with Crippen LogP contribution >= 0.6 is 38.5 Å². The maximum atomic E-state index is 13.5. The Morgan fingerprint density at radius 3 is 2.72 bits per heavy atom. The van der Waals surface area contributed by atoms with E-state index >= 15 is 0 Å². The van der Waals surface area contributed by atoms with Gasteiger partial charge in [-0.1, -0.05) is 28.1 Å². The molecular formula is C24H16BrFIN3O2. The van der Waals surface area contributed by atoms with Crippen molar-refractivity contribution in [1.82, 2.24) is 9.97 Å². The molecule has 0 unspecified atom stereocenters. The molecule has 0 saturated heterocycles. The van der Waals surface area contributed by atoms with Crippen LogP contribution in [0.25, 0.3) is 22.7 Å². The van der Waals surface area contributed by atoms with E-state index < -0.39 is 0 Å². The molecule has 0 atom stereocenters. The van der Waals surface area contributed by atoms with Crippen molar-refractivity contribution < 1.29 is 13.9 Å². The van der Waals surface area contributed by atoms with Crippen LogP contribution in [0.4, 0.5) is 4.39 Å². The van der Waals surface area contributed by atoms with Gasteiger partial charge in [0.2, 0.25) is 0 Å². The molecule has 0 aliphatic carbocycles. The number of allylic oxidation sites excluding steroid dienone is 1. The molecular weight excluding hydrogens is 588 g/mol. The van der Waals surface area contributed by atoms with Gasteiger partial charge in [0.25, 0.3) is 0 Å². The first-order chi connectivity index (χ1) is 15.5. The Kier molecular flexibility index (Phi) is 6.77. The van der Waals surface area contributed by atoms with E-state index in [1.807, 2.05) is 30.3 Å². The molecule has 5 nitrogen and oxygen atoms in total. The van der Waals surface area contributed by atoms with Crippen LogP contribution in [-0.2, 0) is 6.61 Å². The molecule has 1 heterocycles. The summed E-state index contributed by atoms with van der Waals surface area (Å²) in [5, 5.41) is 9.69. The third-order valence-electron chi connectivity index (χ3n) is 4.68. The maximum Gasteiger partial charge on any atom is 0.174 e. The summed E-state index contributed by atoms with van der Waals surface area (Å²) in [6.45, 7) is 0.397. The van der Waals surface area contributed by atoms with Gasteiger partial charge in [-0.3, -0.25) is 0 Å². The fraction of sp³-hybridized carbons (Fsp3) is 0.0833. The average Bonchev–Trinajstić information content (AvgIpc) is 3.20. The Bertz CT molecular complexity index is 1360. The fourth-order valence-electron chi connectivity index (χ4n) is 3.13. The first-order valence-electron chi connectivity index (χ1n) is 9.49. The number of fused-ring (bicyclic) bond motifs is 1. The van der Waals surface area contributed by atoms with Gasteiger partial charge in [-0.15, -0.1) is 0 Å². The van der Waals surface area contributed by atoms with Crippen molar-refractivity contribution in [3.8, 4) is 17.6 Å². The number of rotatable bonds is 6. The van der Waals surface area contributed by atoms with E-state index in [4.69, 9.17) is 9.47 Å². The smallest absolute Gasteiger partial charge is 0.174 e. The Morgan fingerprint density at radius 1 is 1.22 bits per heavy atom. The van der Waals surface area contributed by atoms with E-state index in [2.05, 4.69) is 54.6 Å². The summed E-state index contributed by atoms with van der Waals surface area (Å²) in [5.41, 5.74) is 3.23. The van der Waals surface area contributed by atoms with Crippen molar-refractivity contribution in [2.75, 3.05) is 7.11 Å². The van der Waals surface area contributed by atoms with Crippen LogP contribution in [0.3, 0.4) is 0 Å². The molecule has 8 heteroatoms. The highest BCUT2D eigenvalue weighted by Gasteiger charge is 2.14. The Morgan fingerprint density at radius 2 is 2.00 bits per heavy atom. The number of nitrogens with one attached hydrogen (secondary N) is 1. The number of aromatic nitrogens is 2. The number of methoxy groups -OCH3 is 1. The van der Waals surface area contributed by atoms with Crippen molar-refractivity contribution >= 4 is 61.2 Å². The third-order valence-corrected chi connectivity index (χ3v) is 6.01. The number of H-pyrrole nitrogens is 1. The molecule has 0 amide bonds. The predicted octanol–water partition coefficient (Wildman–Crippen LogP) is 6.72. The standard InChI is InChI=1S/C24H16BrFIN3O2/c1-31-22-10-15(9-19(27)23(22)32-13-14-2-4-17(25)5-3-14)8-16(12-28)24-29-20-7-6-18(26)11-21(20)30-24/h2-11H,13H2,1H3,(H,29,30)/b16-8-. The van der Waals surface area contributed by atoms with Crippen molar-refractivity contribution in [2.24, 2.45) is 0 Å². The summed E-state index contributed by atoms with van der Waals surface area (Å²) in [6, 6.07) is 18.0. The SMILES string of the molecule is COc1cc(/C=C(/C#N)c2nc3ccc(F)cc3[nH]2)cc(I)c1OCc1ccc(Br)cc1. The quantitative estimate of drug-likeness (QED) is 0.196. The lowest BCUT2D eigenvalue weighted by Crippen LogP contribution is -2.00. The monoisotopic (exact) mass is 603 g/mol. The lowest BCUT2D eigenvalue weighted by atomic mass is 10.1. The molecule has 4 rings (SSSR count). The molecule has 3 aromatic carbocycles.